The molecule has 4 rings (SSSR count). The van der Waals surface area contributed by atoms with Crippen LogP contribution in [0.3, 0.4) is 0 Å². The summed E-state index contributed by atoms with van der Waals surface area (Å²) < 4.78 is 0. The van der Waals surface area contributed by atoms with E-state index in [0.29, 0.717) is 12.5 Å². The highest BCUT2D eigenvalue weighted by atomic mass is 16.2. The molecule has 3 amide bonds. The third kappa shape index (κ3) is 2.60. The second-order valence-corrected chi connectivity index (χ2v) is 7.83. The van der Waals surface area contributed by atoms with Crippen LogP contribution >= 0.6 is 0 Å². The number of nitrogens with zero attached hydrogens (tertiary/aromatic N) is 5. The van der Waals surface area contributed by atoms with Crippen LogP contribution in [0.5, 0.6) is 0 Å². The Morgan fingerprint density at radius 2 is 1.89 bits per heavy atom. The van der Waals surface area contributed by atoms with Gasteiger partial charge in [0.05, 0.1) is 5.69 Å². The highest BCUT2D eigenvalue weighted by Crippen LogP contribution is 2.37. The second kappa shape index (κ2) is 6.65. The van der Waals surface area contributed by atoms with Crippen LogP contribution in [0.4, 0.5) is 10.5 Å². The molecule has 2 atom stereocenters. The monoisotopic (exact) mass is 381 g/mol. The van der Waals surface area contributed by atoms with Crippen LogP contribution in [0.15, 0.2) is 35.1 Å². The van der Waals surface area contributed by atoms with Crippen molar-refractivity contribution in [2.24, 2.45) is 4.99 Å². The van der Waals surface area contributed by atoms with Gasteiger partial charge in [-0.25, -0.2) is 9.79 Å². The van der Waals surface area contributed by atoms with Crippen molar-refractivity contribution in [3.63, 3.8) is 0 Å². The topological polar surface area (TPSA) is 59.5 Å². The molecule has 0 saturated carbocycles. The minimum atomic E-state index is -0.500. The molecule has 0 aliphatic carbocycles. The normalized spacial score (nSPS) is 23.9. The number of allylic oxidation sites excluding steroid dienone is 1. The van der Waals surface area contributed by atoms with E-state index in [1.54, 1.807) is 11.9 Å². The third-order valence-corrected chi connectivity index (χ3v) is 5.72. The number of hydrogen-bond donors (Lipinski definition) is 0. The number of benzene rings is 1. The first-order valence-corrected chi connectivity index (χ1v) is 9.85. The van der Waals surface area contributed by atoms with Crippen molar-refractivity contribution < 1.29 is 9.59 Å². The maximum Gasteiger partial charge on any atom is 0.328 e. The van der Waals surface area contributed by atoms with Gasteiger partial charge < -0.3 is 9.80 Å². The molecule has 28 heavy (non-hydrogen) atoms. The fourth-order valence-electron chi connectivity index (χ4n) is 4.23. The number of urea groups is 1. The number of carbonyl (C=O) groups is 2. The molecule has 1 saturated heterocycles. The quantitative estimate of drug-likeness (QED) is 0.804. The van der Waals surface area contributed by atoms with Crippen LogP contribution in [-0.2, 0) is 4.79 Å². The first-order chi connectivity index (χ1) is 13.3. The Morgan fingerprint density at radius 1 is 1.14 bits per heavy atom. The average molecular weight is 381 g/mol. The van der Waals surface area contributed by atoms with Gasteiger partial charge >= 0.3 is 6.03 Å². The van der Waals surface area contributed by atoms with Crippen molar-refractivity contribution in [3.05, 3.63) is 41.2 Å². The summed E-state index contributed by atoms with van der Waals surface area (Å²) in [4.78, 5) is 37.7. The van der Waals surface area contributed by atoms with E-state index in [9.17, 15) is 9.59 Å². The maximum atomic E-state index is 13.2. The molecule has 0 bridgehead atoms. The standard InChI is InChI=1S/C21H27N5O2/c1-6-7-10-24-19(27)17-18(23(5)21(24)28)22-20-25(17)12-15(4)26(20)16-9-8-13(2)11-14(16)3/h8-9,11-12,17-18H,6-7,10H2,1-5H3. The summed E-state index contributed by atoms with van der Waals surface area (Å²) in [7, 11) is 1.73. The Labute approximate surface area is 165 Å². The van der Waals surface area contributed by atoms with Gasteiger partial charge in [-0.1, -0.05) is 31.0 Å². The Balaban J connectivity index is 1.71. The smallest absolute Gasteiger partial charge is 0.302 e. The van der Waals surface area contributed by atoms with E-state index < -0.39 is 12.2 Å². The lowest BCUT2D eigenvalue weighted by atomic mass is 10.1. The summed E-state index contributed by atoms with van der Waals surface area (Å²) in [5.74, 6) is 0.552. The summed E-state index contributed by atoms with van der Waals surface area (Å²) in [6.45, 7) is 8.67. The highest BCUT2D eigenvalue weighted by molar-refractivity contribution is 6.10. The summed E-state index contributed by atoms with van der Waals surface area (Å²) >= 11 is 0. The fraction of sp³-hybridized carbons (Fsp3) is 0.476. The van der Waals surface area contributed by atoms with Gasteiger partial charge in [-0.05, 0) is 38.8 Å². The number of aliphatic imine (C=N–C) groups is 1. The summed E-state index contributed by atoms with van der Waals surface area (Å²) in [6.07, 6.45) is 3.22. The predicted octanol–water partition coefficient (Wildman–Crippen LogP) is 3.05. The van der Waals surface area contributed by atoms with Crippen LogP contribution in [0.25, 0.3) is 0 Å². The molecular formula is C21H27N5O2. The fourth-order valence-corrected chi connectivity index (χ4v) is 4.23. The summed E-state index contributed by atoms with van der Waals surface area (Å²) in [6, 6.07) is 5.54. The molecule has 2 unspecified atom stereocenters. The molecule has 3 aliphatic rings. The molecule has 1 fully saturated rings. The zero-order valence-corrected chi connectivity index (χ0v) is 17.1. The summed E-state index contributed by atoms with van der Waals surface area (Å²) in [5.41, 5.74) is 4.40. The lowest BCUT2D eigenvalue weighted by molar-refractivity contribution is -0.136. The molecular weight excluding hydrogens is 354 g/mol. The third-order valence-electron chi connectivity index (χ3n) is 5.72. The van der Waals surface area contributed by atoms with E-state index in [0.717, 1.165) is 29.8 Å². The van der Waals surface area contributed by atoms with Crippen molar-refractivity contribution in [2.45, 2.75) is 52.7 Å². The van der Waals surface area contributed by atoms with Gasteiger partial charge in [0.1, 0.15) is 0 Å². The molecule has 3 heterocycles. The number of fused-ring (bicyclic) bond motifs is 3. The number of rotatable bonds is 4. The van der Waals surface area contributed by atoms with Crippen LogP contribution < -0.4 is 4.90 Å². The van der Waals surface area contributed by atoms with E-state index in [-0.39, 0.29) is 11.9 Å². The van der Waals surface area contributed by atoms with E-state index in [1.165, 1.54) is 10.5 Å². The minimum Gasteiger partial charge on any atom is -0.302 e. The molecule has 0 N–H and O–H groups in total. The van der Waals surface area contributed by atoms with Crippen LogP contribution in [0, 0.1) is 13.8 Å². The van der Waals surface area contributed by atoms with Crippen molar-refractivity contribution >= 4 is 23.6 Å². The van der Waals surface area contributed by atoms with Crippen molar-refractivity contribution in [1.29, 1.82) is 0 Å². The molecule has 1 aromatic carbocycles. The van der Waals surface area contributed by atoms with Crippen LogP contribution in [0.2, 0.25) is 0 Å². The number of amides is 3. The zero-order valence-electron chi connectivity index (χ0n) is 17.1. The summed E-state index contributed by atoms with van der Waals surface area (Å²) in [5, 5.41) is 0. The number of guanidine groups is 1. The maximum absolute atomic E-state index is 13.2. The molecule has 0 spiro atoms. The largest absolute Gasteiger partial charge is 0.328 e. The molecule has 0 radical (unpaired) electrons. The number of aryl methyl sites for hydroxylation is 2. The first-order valence-electron chi connectivity index (χ1n) is 9.85. The highest BCUT2D eigenvalue weighted by Gasteiger charge is 2.54. The van der Waals surface area contributed by atoms with Gasteiger partial charge in [-0.3, -0.25) is 14.6 Å². The zero-order chi connectivity index (χ0) is 20.2. The molecule has 1 aromatic rings. The van der Waals surface area contributed by atoms with Gasteiger partial charge in [0, 0.05) is 25.5 Å². The van der Waals surface area contributed by atoms with E-state index in [4.69, 9.17) is 4.99 Å². The molecule has 3 aliphatic heterocycles. The first kappa shape index (κ1) is 18.5. The van der Waals surface area contributed by atoms with Crippen LogP contribution in [0.1, 0.15) is 37.8 Å². The number of anilines is 1. The molecule has 148 valence electrons. The Kier molecular flexibility index (Phi) is 4.40. The van der Waals surface area contributed by atoms with Crippen molar-refractivity contribution in [2.75, 3.05) is 18.5 Å². The van der Waals surface area contributed by atoms with E-state index in [2.05, 4.69) is 43.9 Å². The Hall–Kier alpha value is -2.83. The molecule has 7 nitrogen and oxygen atoms in total. The van der Waals surface area contributed by atoms with Gasteiger partial charge in [0.25, 0.3) is 5.91 Å². The second-order valence-electron chi connectivity index (χ2n) is 7.83. The Bertz CT molecular complexity index is 906. The number of carbonyl (C=O) groups excluding carboxylic acids is 2. The van der Waals surface area contributed by atoms with Crippen molar-refractivity contribution in [1.82, 2.24) is 14.7 Å². The Morgan fingerprint density at radius 3 is 2.57 bits per heavy atom. The number of likely N-dealkylation sites (N-methyl/N-ethyl adjacent to an activating group) is 1. The number of unbranched alkanes of at least 4 members (excludes halogenated alkanes) is 1. The number of hydrogen-bond acceptors (Lipinski definition) is 5. The van der Waals surface area contributed by atoms with E-state index in [1.807, 2.05) is 18.0 Å². The van der Waals surface area contributed by atoms with Gasteiger partial charge in [0.15, 0.2) is 12.2 Å². The number of imide groups is 1. The predicted molar refractivity (Wildman–Crippen MR) is 109 cm³/mol. The SMILES string of the molecule is CCCCN1C(=O)C2C(N=C3N(c4ccc(C)cc4C)C(C)=CN32)N(C)C1=O. The lowest BCUT2D eigenvalue weighted by Crippen LogP contribution is -2.64. The average Bonchev–Trinajstić information content (AvgIpc) is 3.15. The minimum absolute atomic E-state index is 0.160. The van der Waals surface area contributed by atoms with Gasteiger partial charge in [0.2, 0.25) is 5.96 Å². The van der Waals surface area contributed by atoms with Gasteiger partial charge in [-0.2, -0.15) is 0 Å². The molecule has 0 aromatic heterocycles. The van der Waals surface area contributed by atoms with Gasteiger partial charge in [-0.15, -0.1) is 0 Å². The van der Waals surface area contributed by atoms with E-state index >= 15 is 0 Å². The van der Waals surface area contributed by atoms with Crippen LogP contribution in [-0.4, -0.2) is 58.4 Å². The lowest BCUT2D eigenvalue weighted by Gasteiger charge is -2.40. The molecule has 7 heteroatoms. The van der Waals surface area contributed by atoms with Crippen molar-refractivity contribution in [3.8, 4) is 0 Å².